The summed E-state index contributed by atoms with van der Waals surface area (Å²) in [6.07, 6.45) is 2.07. The third-order valence-corrected chi connectivity index (χ3v) is 8.96. The number of rotatable bonds is 11. The molecular weight excluding hydrogens is 578 g/mol. The normalized spacial score (nSPS) is 21.6. The standard InChI is InChI=1S/C38H43N3O5/c42-25-28-11-13-31(14-12-28)36-21-35(24-41-19-5-10-34(41)26-43)45-37(46-36)32-17-15-30(16-18-32)33-9-4-8-29(20-33)23-40-38(44)39-22-27-6-2-1-3-7-27/h1-4,6-9,11-18,20,34-37,42-43H,5,10,19,21-26H2,(H2,39,40,44)/t34-,35+,36-,37-/m0/s1. The van der Waals surface area contributed by atoms with E-state index >= 15 is 0 Å². The van der Waals surface area contributed by atoms with Crippen LogP contribution in [-0.2, 0) is 29.2 Å². The highest BCUT2D eigenvalue weighted by atomic mass is 16.7. The van der Waals surface area contributed by atoms with Crippen molar-refractivity contribution < 1.29 is 24.5 Å². The van der Waals surface area contributed by atoms with E-state index < -0.39 is 6.29 Å². The highest BCUT2D eigenvalue weighted by Gasteiger charge is 2.35. The number of nitrogens with zero attached hydrogens (tertiary/aromatic N) is 1. The van der Waals surface area contributed by atoms with Gasteiger partial charge in [0.25, 0.3) is 0 Å². The summed E-state index contributed by atoms with van der Waals surface area (Å²) in [5, 5.41) is 25.2. The van der Waals surface area contributed by atoms with Gasteiger partial charge in [-0.15, -0.1) is 0 Å². The van der Waals surface area contributed by atoms with E-state index in [4.69, 9.17) is 9.47 Å². The number of aliphatic hydroxyl groups excluding tert-OH is 2. The van der Waals surface area contributed by atoms with Crippen molar-refractivity contribution in [1.82, 2.24) is 15.5 Å². The Kier molecular flexibility index (Phi) is 10.7. The molecule has 0 radical (unpaired) electrons. The number of aliphatic hydroxyl groups is 2. The summed E-state index contributed by atoms with van der Waals surface area (Å²) < 4.78 is 13.1. The first kappa shape index (κ1) is 31.9. The highest BCUT2D eigenvalue weighted by Crippen LogP contribution is 2.39. The Balaban J connectivity index is 1.11. The molecule has 46 heavy (non-hydrogen) atoms. The number of hydrogen-bond donors (Lipinski definition) is 4. The number of hydrogen-bond acceptors (Lipinski definition) is 6. The first-order valence-corrected chi connectivity index (χ1v) is 16.2. The molecule has 0 aliphatic carbocycles. The lowest BCUT2D eigenvalue weighted by Crippen LogP contribution is -2.42. The van der Waals surface area contributed by atoms with Crippen LogP contribution in [0.25, 0.3) is 11.1 Å². The topological polar surface area (TPSA) is 103 Å². The fraction of sp³-hybridized carbons (Fsp3) is 0.342. The van der Waals surface area contributed by atoms with E-state index in [1.165, 1.54) is 0 Å². The maximum Gasteiger partial charge on any atom is 0.315 e. The molecule has 0 spiro atoms. The third kappa shape index (κ3) is 8.20. The van der Waals surface area contributed by atoms with Crippen molar-refractivity contribution in [3.8, 4) is 11.1 Å². The molecule has 2 amide bonds. The molecule has 4 aromatic carbocycles. The second-order valence-electron chi connectivity index (χ2n) is 12.2. The molecule has 8 nitrogen and oxygen atoms in total. The lowest BCUT2D eigenvalue weighted by molar-refractivity contribution is -0.253. The fourth-order valence-corrected chi connectivity index (χ4v) is 6.35. The highest BCUT2D eigenvalue weighted by molar-refractivity contribution is 5.74. The molecular formula is C38H43N3O5. The molecule has 4 N–H and O–H groups in total. The Bertz CT molecular complexity index is 1550. The van der Waals surface area contributed by atoms with E-state index in [1.54, 1.807) is 0 Å². The third-order valence-electron chi connectivity index (χ3n) is 8.96. The zero-order valence-electron chi connectivity index (χ0n) is 26.1. The molecule has 4 atom stereocenters. The van der Waals surface area contributed by atoms with Crippen LogP contribution in [0.3, 0.4) is 0 Å². The van der Waals surface area contributed by atoms with Crippen molar-refractivity contribution >= 4 is 6.03 Å². The molecule has 6 rings (SSSR count). The number of carbonyl (C=O) groups is 1. The number of urea groups is 1. The summed E-state index contributed by atoms with van der Waals surface area (Å²) in [4.78, 5) is 14.7. The van der Waals surface area contributed by atoms with Crippen LogP contribution in [0.2, 0.25) is 0 Å². The zero-order valence-corrected chi connectivity index (χ0v) is 26.1. The van der Waals surface area contributed by atoms with Crippen LogP contribution in [-0.4, -0.2) is 53.0 Å². The SMILES string of the molecule is O=C(NCc1ccccc1)NCc1cccc(-c2ccc([C@H]3O[C@@H](CN4CCC[C@H]4CO)C[C@@H](c4ccc(CO)cc4)O3)cc2)c1. The van der Waals surface area contributed by atoms with Crippen LogP contribution < -0.4 is 10.6 Å². The molecule has 0 unspecified atom stereocenters. The minimum atomic E-state index is -0.532. The Hall–Kier alpha value is -4.05. The van der Waals surface area contributed by atoms with Crippen LogP contribution >= 0.6 is 0 Å². The second kappa shape index (κ2) is 15.5. The number of ether oxygens (including phenoxy) is 2. The maximum atomic E-state index is 12.4. The van der Waals surface area contributed by atoms with Gasteiger partial charge < -0.3 is 30.3 Å². The summed E-state index contributed by atoms with van der Waals surface area (Å²) in [5.74, 6) is 0. The second-order valence-corrected chi connectivity index (χ2v) is 12.2. The molecule has 0 saturated carbocycles. The molecule has 2 saturated heterocycles. The lowest BCUT2D eigenvalue weighted by atomic mass is 9.99. The van der Waals surface area contributed by atoms with E-state index in [2.05, 4.69) is 51.9 Å². The van der Waals surface area contributed by atoms with Crippen LogP contribution in [0, 0.1) is 0 Å². The van der Waals surface area contributed by atoms with Crippen LogP contribution in [0.15, 0.2) is 103 Å². The van der Waals surface area contributed by atoms with Gasteiger partial charge in [-0.1, -0.05) is 97.1 Å². The van der Waals surface area contributed by atoms with E-state index in [-0.39, 0.29) is 37.5 Å². The Morgan fingerprint density at radius 1 is 0.761 bits per heavy atom. The average molecular weight is 622 g/mol. The van der Waals surface area contributed by atoms with Gasteiger partial charge in [0.1, 0.15) is 0 Å². The number of amides is 2. The van der Waals surface area contributed by atoms with Crippen molar-refractivity contribution in [2.24, 2.45) is 0 Å². The summed E-state index contributed by atoms with van der Waals surface area (Å²) in [6.45, 7) is 2.79. The van der Waals surface area contributed by atoms with E-state index in [0.717, 1.165) is 64.9 Å². The van der Waals surface area contributed by atoms with Gasteiger partial charge in [-0.05, 0) is 58.8 Å². The summed E-state index contributed by atoms with van der Waals surface area (Å²) in [6, 6.07) is 34.2. The Morgan fingerprint density at radius 3 is 2.22 bits per heavy atom. The zero-order chi connectivity index (χ0) is 31.7. The molecule has 8 heteroatoms. The molecule has 2 aliphatic rings. The Labute approximate surface area is 271 Å². The molecule has 4 aromatic rings. The van der Waals surface area contributed by atoms with Gasteiger partial charge in [0.15, 0.2) is 6.29 Å². The van der Waals surface area contributed by atoms with E-state index in [1.807, 2.05) is 66.7 Å². The van der Waals surface area contributed by atoms with Crippen molar-refractivity contribution in [2.45, 2.75) is 63.5 Å². The first-order valence-electron chi connectivity index (χ1n) is 16.2. The minimum absolute atomic E-state index is 0.00747. The molecule has 2 heterocycles. The number of nitrogens with one attached hydrogen (secondary N) is 2. The summed E-state index contributed by atoms with van der Waals surface area (Å²) >= 11 is 0. The molecule has 0 bridgehead atoms. The van der Waals surface area contributed by atoms with Crippen LogP contribution in [0.4, 0.5) is 4.79 Å². The number of carbonyl (C=O) groups excluding carboxylic acids is 1. The van der Waals surface area contributed by atoms with Gasteiger partial charge in [-0.2, -0.15) is 0 Å². The van der Waals surface area contributed by atoms with Gasteiger partial charge >= 0.3 is 6.03 Å². The molecule has 240 valence electrons. The number of benzene rings is 4. The quantitative estimate of drug-likeness (QED) is 0.168. The summed E-state index contributed by atoms with van der Waals surface area (Å²) in [7, 11) is 0. The van der Waals surface area contributed by atoms with E-state index in [9.17, 15) is 15.0 Å². The Morgan fingerprint density at radius 2 is 1.48 bits per heavy atom. The fourth-order valence-electron chi connectivity index (χ4n) is 6.35. The van der Waals surface area contributed by atoms with Crippen molar-refractivity contribution in [3.05, 3.63) is 131 Å². The predicted octanol–water partition coefficient (Wildman–Crippen LogP) is 5.85. The molecule has 2 aliphatic heterocycles. The van der Waals surface area contributed by atoms with Gasteiger partial charge in [0, 0.05) is 37.7 Å². The van der Waals surface area contributed by atoms with Gasteiger partial charge in [-0.3, -0.25) is 4.90 Å². The largest absolute Gasteiger partial charge is 0.395 e. The van der Waals surface area contributed by atoms with Gasteiger partial charge in [0.05, 0.1) is 25.4 Å². The maximum absolute atomic E-state index is 12.4. The molecule has 0 aromatic heterocycles. The lowest BCUT2D eigenvalue weighted by Gasteiger charge is -2.38. The summed E-state index contributed by atoms with van der Waals surface area (Å²) in [5.41, 5.74) is 7.06. The van der Waals surface area contributed by atoms with Crippen molar-refractivity contribution in [2.75, 3.05) is 19.7 Å². The monoisotopic (exact) mass is 621 g/mol. The molecule has 2 fully saturated rings. The van der Waals surface area contributed by atoms with Crippen LogP contribution in [0.1, 0.15) is 59.5 Å². The first-order chi connectivity index (χ1) is 22.6. The number of likely N-dealkylation sites (tertiary alicyclic amines) is 1. The van der Waals surface area contributed by atoms with Crippen molar-refractivity contribution in [3.63, 3.8) is 0 Å². The smallest absolute Gasteiger partial charge is 0.315 e. The minimum Gasteiger partial charge on any atom is -0.395 e. The average Bonchev–Trinajstić information content (AvgIpc) is 3.57. The predicted molar refractivity (Wildman–Crippen MR) is 177 cm³/mol. The van der Waals surface area contributed by atoms with Gasteiger partial charge in [0.2, 0.25) is 0 Å². The van der Waals surface area contributed by atoms with E-state index in [0.29, 0.717) is 19.5 Å². The van der Waals surface area contributed by atoms with Crippen molar-refractivity contribution in [1.29, 1.82) is 0 Å². The van der Waals surface area contributed by atoms with Gasteiger partial charge in [-0.25, -0.2) is 4.79 Å². The van der Waals surface area contributed by atoms with Crippen LogP contribution in [0.5, 0.6) is 0 Å².